The predicted molar refractivity (Wildman–Crippen MR) is 57.3 cm³/mol. The van der Waals surface area contributed by atoms with Crippen molar-refractivity contribution < 1.29 is 72.2 Å². The van der Waals surface area contributed by atoms with Gasteiger partial charge in [-0.25, -0.2) is 4.79 Å². The van der Waals surface area contributed by atoms with E-state index in [2.05, 4.69) is 0 Å². The molecule has 16 heavy (non-hydrogen) atoms. The number of hydrogen-bond acceptors (Lipinski definition) is 3. The maximum atomic E-state index is 10.3. The fraction of sp³-hybridized carbons (Fsp3) is 0.182. The van der Waals surface area contributed by atoms with Gasteiger partial charge in [-0.2, -0.15) is 0 Å². The van der Waals surface area contributed by atoms with Crippen LogP contribution in [-0.2, 0) is 4.79 Å². The second kappa shape index (κ2) is 7.86. The molecule has 0 spiro atoms. The van der Waals surface area contributed by atoms with Crippen LogP contribution in [0.4, 0.5) is 0 Å². The van der Waals surface area contributed by atoms with E-state index in [1.54, 1.807) is 25.3 Å². The molecule has 0 atom stereocenters. The van der Waals surface area contributed by atoms with Gasteiger partial charge in [-0.3, -0.25) is 0 Å². The van der Waals surface area contributed by atoms with Gasteiger partial charge in [0.05, 0.1) is 14.2 Å². The predicted octanol–water partition coefficient (Wildman–Crippen LogP) is -1.08. The van der Waals surface area contributed by atoms with Crippen molar-refractivity contribution in [2.24, 2.45) is 0 Å². The van der Waals surface area contributed by atoms with Crippen LogP contribution in [0.5, 0.6) is 11.5 Å². The van der Waals surface area contributed by atoms with Gasteiger partial charge in [-0.05, 0) is 23.8 Å². The summed E-state index contributed by atoms with van der Waals surface area (Å²) in [6.45, 7) is 0. The van der Waals surface area contributed by atoms with Crippen molar-refractivity contribution in [2.75, 3.05) is 14.2 Å². The molecule has 0 aromatic heterocycles. The minimum atomic E-state index is -0.982. The maximum absolute atomic E-state index is 10.3. The average Bonchev–Trinajstić information content (AvgIpc) is 2.25. The number of carboxylic acid groups (broad SMARTS) is 1. The fourth-order valence-corrected chi connectivity index (χ4v) is 1.12. The van der Waals surface area contributed by atoms with E-state index >= 15 is 0 Å². The van der Waals surface area contributed by atoms with Crippen LogP contribution in [0.15, 0.2) is 24.3 Å². The van der Waals surface area contributed by atoms with Crippen molar-refractivity contribution in [1.82, 2.24) is 0 Å². The van der Waals surface area contributed by atoms with E-state index in [-0.39, 0.29) is 52.8 Å². The van der Waals surface area contributed by atoms with Crippen LogP contribution < -0.4 is 60.9 Å². The van der Waals surface area contributed by atoms with Crippen LogP contribution in [0.25, 0.3) is 6.08 Å². The topological polar surface area (TPSA) is 55.8 Å². The number of hydrogen-bond donors (Lipinski definition) is 1. The van der Waals surface area contributed by atoms with Crippen LogP contribution in [0.1, 0.15) is 6.99 Å². The molecule has 0 bridgehead atoms. The summed E-state index contributed by atoms with van der Waals surface area (Å²) in [4.78, 5) is 10.3. The second-order valence-electron chi connectivity index (χ2n) is 2.79. The third-order valence-electron chi connectivity index (χ3n) is 1.83. The van der Waals surface area contributed by atoms with Crippen molar-refractivity contribution in [3.05, 3.63) is 29.8 Å². The van der Waals surface area contributed by atoms with E-state index in [9.17, 15) is 4.79 Å². The van der Waals surface area contributed by atoms with Crippen molar-refractivity contribution >= 4 is 12.0 Å². The van der Waals surface area contributed by atoms with E-state index in [1.807, 2.05) is 0 Å². The normalized spacial score (nSPS) is 9.62. The Morgan fingerprint density at radius 2 is 1.94 bits per heavy atom. The summed E-state index contributed by atoms with van der Waals surface area (Å²) < 4.78 is 10.1. The summed E-state index contributed by atoms with van der Waals surface area (Å²) in [5, 5.41) is 8.46. The number of carboxylic acids is 1. The molecule has 0 heterocycles. The van der Waals surface area contributed by atoms with E-state index in [4.69, 9.17) is 14.6 Å². The van der Waals surface area contributed by atoms with Crippen LogP contribution in [0, 0.1) is 0 Å². The van der Waals surface area contributed by atoms with Gasteiger partial charge >= 0.3 is 57.4 Å². The third-order valence-corrected chi connectivity index (χ3v) is 1.83. The van der Waals surface area contributed by atoms with Crippen molar-refractivity contribution in [3.8, 4) is 11.5 Å². The first-order valence-electron chi connectivity index (χ1n) is 4.30. The Hall–Kier alpha value is -0.334. The van der Waals surface area contributed by atoms with Gasteiger partial charge in [0.2, 0.25) is 0 Å². The SMILES string of the molecule is COc1ccc(C=CC(=O)O)cc1OC.[H-].[K+]. The molecule has 0 saturated carbocycles. The first-order chi connectivity index (χ1) is 7.17. The summed E-state index contributed by atoms with van der Waals surface area (Å²) in [5.41, 5.74) is 0.745. The van der Waals surface area contributed by atoms with Gasteiger partial charge in [0.1, 0.15) is 0 Å². The minimum absolute atomic E-state index is 0. The molecule has 1 aromatic carbocycles. The smallest absolute Gasteiger partial charge is 1.00 e. The Labute approximate surface area is 138 Å². The molecular formula is C11H13KO4. The van der Waals surface area contributed by atoms with E-state index in [0.717, 1.165) is 11.6 Å². The minimum Gasteiger partial charge on any atom is -1.00 e. The quantitative estimate of drug-likeness (QED) is 0.544. The zero-order valence-corrected chi connectivity index (χ0v) is 12.7. The van der Waals surface area contributed by atoms with Crippen LogP contribution in [0.2, 0.25) is 0 Å². The number of aliphatic carboxylic acids is 1. The maximum Gasteiger partial charge on any atom is 1.00 e. The molecule has 1 N–H and O–H groups in total. The Bertz CT molecular complexity index is 393. The largest absolute Gasteiger partial charge is 1.00 e. The van der Waals surface area contributed by atoms with E-state index in [1.165, 1.54) is 13.2 Å². The Balaban J connectivity index is 0. The van der Waals surface area contributed by atoms with Crippen molar-refractivity contribution in [3.63, 3.8) is 0 Å². The molecule has 0 saturated heterocycles. The Kier molecular flexibility index (Phi) is 7.70. The van der Waals surface area contributed by atoms with Crippen LogP contribution >= 0.6 is 0 Å². The molecule has 0 radical (unpaired) electrons. The number of carbonyl (C=O) groups is 1. The molecule has 1 aromatic rings. The summed E-state index contributed by atoms with van der Waals surface area (Å²) in [6, 6.07) is 5.18. The van der Waals surface area contributed by atoms with Crippen LogP contribution in [-0.4, -0.2) is 25.3 Å². The first kappa shape index (κ1) is 15.7. The first-order valence-corrected chi connectivity index (χ1v) is 4.30. The number of ether oxygens (including phenoxy) is 2. The molecule has 0 unspecified atom stereocenters. The van der Waals surface area contributed by atoms with Gasteiger partial charge in [-0.1, -0.05) is 6.07 Å². The fourth-order valence-electron chi connectivity index (χ4n) is 1.12. The molecule has 0 aliphatic heterocycles. The zero-order chi connectivity index (χ0) is 11.3. The molecule has 0 amide bonds. The summed E-state index contributed by atoms with van der Waals surface area (Å²) in [5.74, 6) is 0.208. The number of rotatable bonds is 4. The zero-order valence-electron chi connectivity index (χ0n) is 10.6. The van der Waals surface area contributed by atoms with E-state index in [0.29, 0.717) is 11.5 Å². The molecule has 82 valence electrons. The van der Waals surface area contributed by atoms with Gasteiger partial charge in [-0.15, -0.1) is 0 Å². The molecule has 5 heteroatoms. The monoisotopic (exact) mass is 248 g/mol. The van der Waals surface area contributed by atoms with Crippen molar-refractivity contribution in [2.45, 2.75) is 0 Å². The van der Waals surface area contributed by atoms with Gasteiger partial charge in [0.15, 0.2) is 11.5 Å². The third kappa shape index (κ3) is 4.67. The average molecular weight is 248 g/mol. The summed E-state index contributed by atoms with van der Waals surface area (Å²) in [6.07, 6.45) is 2.56. The molecule has 0 aliphatic rings. The second-order valence-corrected chi connectivity index (χ2v) is 2.79. The van der Waals surface area contributed by atoms with E-state index < -0.39 is 5.97 Å². The molecule has 1 rings (SSSR count). The Morgan fingerprint density at radius 1 is 1.31 bits per heavy atom. The van der Waals surface area contributed by atoms with Crippen molar-refractivity contribution in [1.29, 1.82) is 0 Å². The standard InChI is InChI=1S/C11H12O4.K.H/c1-14-9-5-3-8(4-6-11(12)13)7-10(9)15-2;;/h3-7H,1-2H3,(H,12,13);;/q;+1;-1. The Morgan fingerprint density at radius 3 is 2.44 bits per heavy atom. The molecule has 4 nitrogen and oxygen atoms in total. The number of benzene rings is 1. The summed E-state index contributed by atoms with van der Waals surface area (Å²) in [7, 11) is 3.08. The van der Waals surface area contributed by atoms with Gasteiger partial charge in [0.25, 0.3) is 0 Å². The number of methoxy groups -OCH3 is 2. The summed E-state index contributed by atoms with van der Waals surface area (Å²) >= 11 is 0. The molecular weight excluding hydrogens is 235 g/mol. The molecule has 0 fully saturated rings. The van der Waals surface area contributed by atoms with Crippen LogP contribution in [0.3, 0.4) is 0 Å². The van der Waals surface area contributed by atoms with Gasteiger partial charge < -0.3 is 16.0 Å². The molecule has 0 aliphatic carbocycles. The van der Waals surface area contributed by atoms with Gasteiger partial charge in [0, 0.05) is 6.08 Å².